The van der Waals surface area contributed by atoms with Crippen molar-refractivity contribution in [2.75, 3.05) is 90.6 Å². The second kappa shape index (κ2) is 16.7. The van der Waals surface area contributed by atoms with Crippen LogP contribution in [0.1, 0.15) is 75.3 Å². The van der Waals surface area contributed by atoms with E-state index in [1.165, 1.54) is 21.1 Å². The van der Waals surface area contributed by atoms with Gasteiger partial charge in [0.05, 0.1) is 32.9 Å². The van der Waals surface area contributed by atoms with Gasteiger partial charge in [-0.3, -0.25) is 14.5 Å². The second-order valence-electron chi connectivity index (χ2n) is 20.3. The molecule has 1 spiro atoms. The van der Waals surface area contributed by atoms with Crippen molar-refractivity contribution in [3.8, 4) is 5.75 Å². The third kappa shape index (κ3) is 6.47. The van der Waals surface area contributed by atoms with Gasteiger partial charge in [-0.2, -0.15) is 11.8 Å². The van der Waals surface area contributed by atoms with Crippen molar-refractivity contribution >= 4 is 52.3 Å². The Labute approximate surface area is 397 Å². The fraction of sp³-hybridized carbons (Fsp3) is 0.608. The number of aromatic nitrogens is 1. The maximum atomic E-state index is 15.7. The fourth-order valence-corrected chi connectivity index (χ4v) is 15.7. The first kappa shape index (κ1) is 46.0. The molecule has 16 heteroatoms. The fourth-order valence-electron chi connectivity index (χ4n) is 14.8. The number of urea groups is 1. The van der Waals surface area contributed by atoms with E-state index in [2.05, 4.69) is 57.4 Å². The lowest BCUT2D eigenvalue weighted by molar-refractivity contribution is -0.228. The molecular weight excluding hydrogens is 873 g/mol. The highest BCUT2D eigenvalue weighted by Gasteiger charge is 2.80. The first-order chi connectivity index (χ1) is 32.2. The Bertz CT molecular complexity index is 2530. The summed E-state index contributed by atoms with van der Waals surface area (Å²) in [4.78, 5) is 70.0. The van der Waals surface area contributed by atoms with Gasteiger partial charge in [0.25, 0.3) is 0 Å². The van der Waals surface area contributed by atoms with Crippen LogP contribution in [0.2, 0.25) is 0 Å². The van der Waals surface area contributed by atoms with E-state index in [-0.39, 0.29) is 18.0 Å². The molecule has 3 saturated heterocycles. The van der Waals surface area contributed by atoms with E-state index in [1.54, 1.807) is 7.11 Å². The normalized spacial score (nSPS) is 35.3. The van der Waals surface area contributed by atoms with Gasteiger partial charge in [0, 0.05) is 116 Å². The zero-order valence-corrected chi connectivity index (χ0v) is 40.8. The Hall–Kier alpha value is -4.77. The lowest BCUT2D eigenvalue weighted by Crippen LogP contribution is -2.81. The number of benzene rings is 2. The van der Waals surface area contributed by atoms with Crippen LogP contribution in [-0.4, -0.2) is 164 Å². The second-order valence-corrected chi connectivity index (χ2v) is 21.5. The van der Waals surface area contributed by atoms with E-state index in [1.807, 2.05) is 53.7 Å². The number of thioether (sulfide) groups is 1. The molecule has 7 heterocycles. The molecule has 1 unspecified atom stereocenters. The Balaban J connectivity index is 1.21. The minimum absolute atomic E-state index is 0.0343. The molecule has 360 valence electrons. The van der Waals surface area contributed by atoms with Gasteiger partial charge in [-0.25, -0.2) is 9.59 Å². The van der Waals surface area contributed by atoms with E-state index in [0.29, 0.717) is 82.7 Å². The number of rotatable bonds is 8. The number of likely N-dealkylation sites (N-methyl/N-ethyl adjacent to an activating group) is 1. The van der Waals surface area contributed by atoms with Crippen LogP contribution in [-0.2, 0) is 45.8 Å². The number of anilines is 1. The van der Waals surface area contributed by atoms with Crippen LogP contribution in [0, 0.1) is 11.3 Å². The SMILES string of the molecule is CC[C@]1(NC(=O)N2CCSCC2)C[C@H]2CN(CCc3c([nH]c4ccccc34)[C@@](C(=O)OC)(c3cc4c(cc3OC)N(C)[C@H]3[C@@](O)(C(=O)OC)[C@H](OC(C)=O)[C@]5(CC)C=CCN6CC[C@]43[C@@H]65)C2)C1. The van der Waals surface area contributed by atoms with Gasteiger partial charge >= 0.3 is 23.9 Å². The number of hydrogen-bond acceptors (Lipinski definition) is 13. The number of nitrogens with one attached hydrogen (secondary N) is 2. The number of amides is 2. The zero-order valence-electron chi connectivity index (χ0n) is 39.9. The number of aromatic amines is 1. The Kier molecular flexibility index (Phi) is 11.5. The third-order valence-electron chi connectivity index (χ3n) is 17.3. The van der Waals surface area contributed by atoms with Crippen molar-refractivity contribution in [2.24, 2.45) is 11.3 Å². The number of piperidine rings is 1. The number of nitrogens with zero attached hydrogens (tertiary/aromatic N) is 4. The van der Waals surface area contributed by atoms with Gasteiger partial charge in [0.1, 0.15) is 11.2 Å². The van der Waals surface area contributed by atoms with Gasteiger partial charge in [-0.15, -0.1) is 0 Å². The first-order valence-electron chi connectivity index (χ1n) is 24.1. The van der Waals surface area contributed by atoms with E-state index in [0.717, 1.165) is 57.9 Å². The van der Waals surface area contributed by atoms with Crippen LogP contribution >= 0.6 is 11.8 Å². The number of aliphatic hydroxyl groups is 1. The monoisotopic (exact) mass is 938 g/mol. The van der Waals surface area contributed by atoms with Gasteiger partial charge in [-0.05, 0) is 74.2 Å². The predicted molar refractivity (Wildman–Crippen MR) is 256 cm³/mol. The standard InChI is InChI=1S/C51H66N6O9S/c1-8-47(53-46(61)57-21-23-67-24-22-57)27-32-28-50(44(59)64-6,40-34(15-19-55(29-32)30-47)33-13-10-11-14-37(33)52-40)36-25-35-38(26-39(36)63-5)54(4)42-49(35)17-20-56-18-12-16-48(9-2,41(49)56)43(66-31(3)58)51(42,62)45(60)65-7/h10-14,16,25-26,32,41-43,52,62H,8-9,15,17-24,27-30H2,1-7H3,(H,53,61)/t32-,41+,42-,43-,47+,48-,49-,50+,51+/m1/s1. The number of carbonyl (C=O) groups is 4. The number of methoxy groups -OCH3 is 3. The molecule has 6 aliphatic heterocycles. The van der Waals surface area contributed by atoms with Crippen molar-refractivity contribution in [3.63, 3.8) is 0 Å². The van der Waals surface area contributed by atoms with Crippen LogP contribution in [0.25, 0.3) is 10.9 Å². The number of hydrogen-bond donors (Lipinski definition) is 3. The van der Waals surface area contributed by atoms with Crippen LogP contribution in [0.5, 0.6) is 5.75 Å². The van der Waals surface area contributed by atoms with Gasteiger partial charge in [-0.1, -0.05) is 44.2 Å². The Morgan fingerprint density at radius 3 is 2.40 bits per heavy atom. The highest BCUT2D eigenvalue weighted by Crippen LogP contribution is 2.68. The summed E-state index contributed by atoms with van der Waals surface area (Å²) >= 11 is 1.87. The average molecular weight is 939 g/mol. The predicted octanol–water partition coefficient (Wildman–Crippen LogP) is 4.76. The third-order valence-corrected chi connectivity index (χ3v) is 18.2. The average Bonchev–Trinajstić information content (AvgIpc) is 4.00. The van der Waals surface area contributed by atoms with E-state index < -0.39 is 57.4 Å². The molecule has 0 radical (unpaired) electrons. The minimum atomic E-state index is -2.32. The van der Waals surface area contributed by atoms with Crippen molar-refractivity contribution in [2.45, 2.75) is 99.5 Å². The number of carbonyl (C=O) groups excluding carboxylic acids is 4. The highest BCUT2D eigenvalue weighted by molar-refractivity contribution is 7.99. The molecule has 3 aromatic rings. The summed E-state index contributed by atoms with van der Waals surface area (Å²) < 4.78 is 24.3. The summed E-state index contributed by atoms with van der Waals surface area (Å²) in [7, 11) is 6.20. The number of ether oxygens (including phenoxy) is 4. The lowest BCUT2D eigenvalue weighted by Gasteiger charge is -2.63. The molecule has 1 aromatic heterocycles. The summed E-state index contributed by atoms with van der Waals surface area (Å²) in [5, 5.41) is 18.1. The Morgan fingerprint density at radius 1 is 0.940 bits per heavy atom. The molecule has 2 amide bonds. The number of esters is 3. The number of H-pyrrole nitrogens is 1. The van der Waals surface area contributed by atoms with E-state index in [9.17, 15) is 19.5 Å². The maximum absolute atomic E-state index is 15.7. The largest absolute Gasteiger partial charge is 0.496 e. The van der Waals surface area contributed by atoms with Crippen LogP contribution < -0.4 is 15.0 Å². The smallest absolute Gasteiger partial charge is 0.344 e. The minimum Gasteiger partial charge on any atom is -0.496 e. The van der Waals surface area contributed by atoms with Crippen LogP contribution in [0.15, 0.2) is 48.6 Å². The highest BCUT2D eigenvalue weighted by atomic mass is 32.2. The van der Waals surface area contributed by atoms with Crippen molar-refractivity contribution in [1.29, 1.82) is 0 Å². The zero-order chi connectivity index (χ0) is 47.3. The van der Waals surface area contributed by atoms with Gasteiger partial charge < -0.3 is 49.1 Å². The molecule has 1 aliphatic carbocycles. The molecule has 10 atom stereocenters. The molecule has 7 aliphatic rings. The van der Waals surface area contributed by atoms with E-state index in [4.69, 9.17) is 18.9 Å². The molecule has 2 bridgehead atoms. The molecular formula is C51H66N6O9S. The number of para-hydroxylation sites is 1. The molecule has 10 rings (SSSR count). The van der Waals surface area contributed by atoms with Crippen molar-refractivity contribution < 1.29 is 43.2 Å². The summed E-state index contributed by atoms with van der Waals surface area (Å²) in [5.74, 6) is 0.283. The first-order valence-corrected chi connectivity index (χ1v) is 25.3. The summed E-state index contributed by atoms with van der Waals surface area (Å²) in [6.45, 7) is 10.3. The lowest BCUT2D eigenvalue weighted by atomic mass is 9.47. The van der Waals surface area contributed by atoms with Gasteiger partial charge in [0.2, 0.25) is 5.60 Å². The van der Waals surface area contributed by atoms with Crippen molar-refractivity contribution in [3.05, 3.63) is 70.9 Å². The summed E-state index contributed by atoms with van der Waals surface area (Å²) in [6.07, 6.45) is 6.20. The molecule has 1 saturated carbocycles. The summed E-state index contributed by atoms with van der Waals surface area (Å²) in [5.41, 5.74) is -1.32. The summed E-state index contributed by atoms with van der Waals surface area (Å²) in [6, 6.07) is 11.0. The van der Waals surface area contributed by atoms with Crippen LogP contribution in [0.3, 0.4) is 0 Å². The van der Waals surface area contributed by atoms with Gasteiger partial charge in [0.15, 0.2) is 6.10 Å². The molecule has 4 fully saturated rings. The molecule has 2 aromatic carbocycles. The Morgan fingerprint density at radius 2 is 1.70 bits per heavy atom. The van der Waals surface area contributed by atoms with Crippen molar-refractivity contribution in [1.82, 2.24) is 25.0 Å². The maximum Gasteiger partial charge on any atom is 0.344 e. The van der Waals surface area contributed by atoms with E-state index >= 15 is 4.79 Å². The quantitative estimate of drug-likeness (QED) is 0.161. The van der Waals surface area contributed by atoms with Crippen LogP contribution in [0.4, 0.5) is 10.5 Å². The molecule has 15 nitrogen and oxygen atoms in total. The topological polar surface area (TPSA) is 166 Å². The molecule has 67 heavy (non-hydrogen) atoms. The number of fused-ring (bicyclic) bond motifs is 6. The molecule has 3 N–H and O–H groups in total.